The second-order valence-electron chi connectivity index (χ2n) is 5.66. The minimum atomic E-state index is -0.187. The minimum absolute atomic E-state index is 0.187. The number of rotatable bonds is 5. The molecule has 1 nitrogen and oxygen atoms in total. The quantitative estimate of drug-likeness (QED) is 0.811. The van der Waals surface area contributed by atoms with Crippen LogP contribution in [0.25, 0.3) is 0 Å². The summed E-state index contributed by atoms with van der Waals surface area (Å²) in [6.07, 6.45) is 6.83. The van der Waals surface area contributed by atoms with E-state index in [0.717, 1.165) is 35.0 Å². The molecule has 2 rings (SSSR count). The van der Waals surface area contributed by atoms with E-state index in [4.69, 9.17) is 0 Å². The molecule has 0 saturated heterocycles. The van der Waals surface area contributed by atoms with Crippen LogP contribution in [0.5, 0.6) is 0 Å². The molecule has 0 aromatic heterocycles. The van der Waals surface area contributed by atoms with E-state index in [9.17, 15) is 4.39 Å². The van der Waals surface area contributed by atoms with Crippen molar-refractivity contribution in [2.75, 3.05) is 6.54 Å². The molecule has 1 aliphatic carbocycles. The topological polar surface area (TPSA) is 12.0 Å². The SMILES string of the molecule is CCC1CCC(CNCc2ccc(F)cc2Br)CC1. The molecule has 1 saturated carbocycles. The summed E-state index contributed by atoms with van der Waals surface area (Å²) in [5.74, 6) is 1.60. The van der Waals surface area contributed by atoms with Crippen LogP contribution in [0.2, 0.25) is 0 Å². The van der Waals surface area contributed by atoms with Crippen LogP contribution in [0.4, 0.5) is 4.39 Å². The molecule has 0 aliphatic heterocycles. The van der Waals surface area contributed by atoms with E-state index in [-0.39, 0.29) is 5.82 Å². The zero-order valence-corrected chi connectivity index (χ0v) is 13.2. The van der Waals surface area contributed by atoms with Gasteiger partial charge in [-0.15, -0.1) is 0 Å². The average molecular weight is 328 g/mol. The smallest absolute Gasteiger partial charge is 0.124 e. The number of hydrogen-bond donors (Lipinski definition) is 1. The highest BCUT2D eigenvalue weighted by Crippen LogP contribution is 2.30. The summed E-state index contributed by atoms with van der Waals surface area (Å²) in [6, 6.07) is 4.90. The van der Waals surface area contributed by atoms with E-state index in [1.807, 2.05) is 6.07 Å². The molecule has 0 heterocycles. The molecule has 0 radical (unpaired) electrons. The lowest BCUT2D eigenvalue weighted by Crippen LogP contribution is -2.26. The van der Waals surface area contributed by atoms with Gasteiger partial charge < -0.3 is 5.32 Å². The normalized spacial score (nSPS) is 23.5. The van der Waals surface area contributed by atoms with Gasteiger partial charge in [0.2, 0.25) is 0 Å². The van der Waals surface area contributed by atoms with Crippen molar-refractivity contribution >= 4 is 15.9 Å². The zero-order valence-electron chi connectivity index (χ0n) is 11.6. The van der Waals surface area contributed by atoms with Crippen LogP contribution in [0.1, 0.15) is 44.6 Å². The molecule has 0 amide bonds. The number of hydrogen-bond acceptors (Lipinski definition) is 1. The van der Waals surface area contributed by atoms with E-state index < -0.39 is 0 Å². The molecule has 0 unspecified atom stereocenters. The van der Waals surface area contributed by atoms with E-state index in [2.05, 4.69) is 28.2 Å². The minimum Gasteiger partial charge on any atom is -0.312 e. The lowest BCUT2D eigenvalue weighted by molar-refractivity contribution is 0.262. The molecule has 0 bridgehead atoms. The standard InChI is InChI=1S/C16H23BrFN/c1-2-12-3-5-13(6-4-12)10-19-11-14-7-8-15(18)9-16(14)17/h7-9,12-13,19H,2-6,10-11H2,1H3. The Kier molecular flexibility index (Phi) is 5.83. The summed E-state index contributed by atoms with van der Waals surface area (Å²) in [7, 11) is 0. The van der Waals surface area contributed by atoms with Gasteiger partial charge in [-0.25, -0.2) is 4.39 Å². The molecule has 1 N–H and O–H groups in total. The molecule has 0 spiro atoms. The maximum Gasteiger partial charge on any atom is 0.124 e. The lowest BCUT2D eigenvalue weighted by atomic mass is 9.81. The van der Waals surface area contributed by atoms with Crippen molar-refractivity contribution in [3.05, 3.63) is 34.1 Å². The Balaban J connectivity index is 1.72. The van der Waals surface area contributed by atoms with Crippen molar-refractivity contribution in [1.29, 1.82) is 0 Å². The Morgan fingerprint density at radius 2 is 1.89 bits per heavy atom. The first-order valence-corrected chi connectivity index (χ1v) is 8.13. The van der Waals surface area contributed by atoms with E-state index >= 15 is 0 Å². The molecule has 19 heavy (non-hydrogen) atoms. The Labute approximate surface area is 124 Å². The van der Waals surface area contributed by atoms with Crippen LogP contribution < -0.4 is 5.32 Å². The van der Waals surface area contributed by atoms with Gasteiger partial charge in [0.1, 0.15) is 5.82 Å². The third-order valence-corrected chi connectivity index (χ3v) is 5.05. The fourth-order valence-corrected chi connectivity index (χ4v) is 3.41. The van der Waals surface area contributed by atoms with Gasteiger partial charge >= 0.3 is 0 Å². The molecule has 1 aromatic carbocycles. The van der Waals surface area contributed by atoms with Crippen LogP contribution in [-0.4, -0.2) is 6.54 Å². The van der Waals surface area contributed by atoms with Crippen LogP contribution in [0.15, 0.2) is 22.7 Å². The highest BCUT2D eigenvalue weighted by molar-refractivity contribution is 9.10. The van der Waals surface area contributed by atoms with Crippen LogP contribution in [-0.2, 0) is 6.54 Å². The molecule has 0 atom stereocenters. The molecular formula is C16H23BrFN. The van der Waals surface area contributed by atoms with Crippen LogP contribution in [0.3, 0.4) is 0 Å². The largest absolute Gasteiger partial charge is 0.312 e. The van der Waals surface area contributed by atoms with Crippen LogP contribution >= 0.6 is 15.9 Å². The maximum absolute atomic E-state index is 13.0. The highest BCUT2D eigenvalue weighted by atomic mass is 79.9. The summed E-state index contributed by atoms with van der Waals surface area (Å²) in [5, 5.41) is 3.51. The van der Waals surface area contributed by atoms with Crippen molar-refractivity contribution in [3.8, 4) is 0 Å². The van der Waals surface area contributed by atoms with E-state index in [1.165, 1.54) is 44.2 Å². The van der Waals surface area contributed by atoms with E-state index in [0.29, 0.717) is 0 Å². The van der Waals surface area contributed by atoms with Gasteiger partial charge in [0.05, 0.1) is 0 Å². The summed E-state index contributed by atoms with van der Waals surface area (Å²) in [4.78, 5) is 0. The van der Waals surface area contributed by atoms with Gasteiger partial charge in [-0.3, -0.25) is 0 Å². The first-order valence-electron chi connectivity index (χ1n) is 7.33. The monoisotopic (exact) mass is 327 g/mol. The molecule has 1 aliphatic rings. The second kappa shape index (κ2) is 7.39. The fourth-order valence-electron chi connectivity index (χ4n) is 2.92. The second-order valence-corrected chi connectivity index (χ2v) is 6.52. The van der Waals surface area contributed by atoms with Crippen molar-refractivity contribution in [1.82, 2.24) is 5.32 Å². The summed E-state index contributed by atoms with van der Waals surface area (Å²) >= 11 is 3.41. The number of benzene rings is 1. The predicted octanol–water partition coefficient (Wildman–Crippen LogP) is 4.89. The predicted molar refractivity (Wildman–Crippen MR) is 81.5 cm³/mol. The Morgan fingerprint density at radius 3 is 2.53 bits per heavy atom. The van der Waals surface area contributed by atoms with Gasteiger partial charge in [-0.2, -0.15) is 0 Å². The van der Waals surface area contributed by atoms with Crippen molar-refractivity contribution < 1.29 is 4.39 Å². The molecule has 3 heteroatoms. The third kappa shape index (κ3) is 4.57. The van der Waals surface area contributed by atoms with Crippen LogP contribution in [0, 0.1) is 17.7 Å². The van der Waals surface area contributed by atoms with Gasteiger partial charge in [-0.05, 0) is 48.9 Å². The highest BCUT2D eigenvalue weighted by Gasteiger charge is 2.19. The van der Waals surface area contributed by atoms with E-state index in [1.54, 1.807) is 0 Å². The third-order valence-electron chi connectivity index (χ3n) is 4.31. The molecular weight excluding hydrogens is 305 g/mol. The molecule has 1 aromatic rings. The Bertz CT molecular complexity index is 400. The molecule has 106 valence electrons. The zero-order chi connectivity index (χ0) is 13.7. The van der Waals surface area contributed by atoms with Crippen molar-refractivity contribution in [2.45, 2.75) is 45.6 Å². The lowest BCUT2D eigenvalue weighted by Gasteiger charge is -2.28. The number of halogens is 2. The first-order chi connectivity index (χ1) is 9.19. The number of nitrogens with one attached hydrogen (secondary N) is 1. The Hall–Kier alpha value is -0.410. The summed E-state index contributed by atoms with van der Waals surface area (Å²) < 4.78 is 13.8. The summed E-state index contributed by atoms with van der Waals surface area (Å²) in [5.41, 5.74) is 1.13. The van der Waals surface area contributed by atoms with Gasteiger partial charge in [-0.1, -0.05) is 48.2 Å². The maximum atomic E-state index is 13.0. The average Bonchev–Trinajstić information content (AvgIpc) is 2.42. The van der Waals surface area contributed by atoms with Gasteiger partial charge in [0.15, 0.2) is 0 Å². The van der Waals surface area contributed by atoms with Gasteiger partial charge in [0.25, 0.3) is 0 Å². The van der Waals surface area contributed by atoms with Gasteiger partial charge in [0, 0.05) is 11.0 Å². The van der Waals surface area contributed by atoms with Crippen molar-refractivity contribution in [2.24, 2.45) is 11.8 Å². The fraction of sp³-hybridized carbons (Fsp3) is 0.625. The first kappa shape index (κ1) is 15.0. The Morgan fingerprint density at radius 1 is 1.21 bits per heavy atom. The summed E-state index contributed by atoms with van der Waals surface area (Å²) in [6.45, 7) is 4.20. The molecule has 1 fully saturated rings. The van der Waals surface area contributed by atoms with Crippen molar-refractivity contribution in [3.63, 3.8) is 0 Å².